The molecule has 0 amide bonds. The Labute approximate surface area is 427 Å². The molecule has 352 valence electrons. The molecule has 0 aliphatic rings. The van der Waals surface area contributed by atoms with E-state index >= 15 is 0 Å². The Morgan fingerprint density at radius 1 is 0.280 bits per heavy atom. The zero-order chi connectivity index (χ0) is 49.2. The Morgan fingerprint density at radius 3 is 1.03 bits per heavy atom. The highest BCUT2D eigenvalue weighted by Crippen LogP contribution is 2.56. The lowest BCUT2D eigenvalue weighted by Gasteiger charge is -2.27. The number of rotatable bonds is 6. The molecule has 7 nitrogen and oxygen atoms in total. The van der Waals surface area contributed by atoms with E-state index in [2.05, 4.69) is 228 Å². The molecule has 0 N–H and O–H groups in total. The molecule has 17 rings (SSSR count). The molecule has 6 heterocycles. The normalized spacial score (nSPS) is 12.4. The van der Waals surface area contributed by atoms with Crippen molar-refractivity contribution in [3.8, 4) is 0 Å². The molecule has 11 aromatic carbocycles. The van der Waals surface area contributed by atoms with E-state index in [-0.39, 0.29) is 0 Å². The van der Waals surface area contributed by atoms with Gasteiger partial charge in [-0.25, -0.2) is 0 Å². The second-order valence-electron chi connectivity index (χ2n) is 20.1. The monoisotopic (exact) mass is 963 g/mol. The molecule has 0 saturated carbocycles. The molecule has 0 atom stereocenters. The Morgan fingerprint density at radius 2 is 0.613 bits per heavy atom. The zero-order valence-corrected chi connectivity index (χ0v) is 40.7. The summed E-state index contributed by atoms with van der Waals surface area (Å²) in [5, 5.41) is 12.6. The van der Waals surface area contributed by atoms with Gasteiger partial charge in [-0.2, -0.15) is 0 Å². The molecule has 0 saturated heterocycles. The third-order valence-corrected chi connectivity index (χ3v) is 15.8. The first kappa shape index (κ1) is 40.6. The summed E-state index contributed by atoms with van der Waals surface area (Å²) in [5.41, 5.74) is 17.8. The molecule has 0 aliphatic carbocycles. The van der Waals surface area contributed by atoms with Crippen LogP contribution in [-0.2, 0) is 0 Å². The fourth-order valence-electron chi connectivity index (χ4n) is 12.5. The van der Waals surface area contributed by atoms with Crippen molar-refractivity contribution in [2.24, 2.45) is 0 Å². The summed E-state index contributed by atoms with van der Waals surface area (Å²) in [4.78, 5) is 4.79. The summed E-state index contributed by atoms with van der Waals surface area (Å²) in [7, 11) is 0. The van der Waals surface area contributed by atoms with Gasteiger partial charge in [0.1, 0.15) is 33.4 Å². The number of hydrogen-bond acceptors (Lipinski definition) is 6. The van der Waals surface area contributed by atoms with Crippen molar-refractivity contribution in [1.29, 1.82) is 0 Å². The molecule has 7 heteroatoms. The first-order chi connectivity index (χ1) is 37.0. The lowest BCUT2D eigenvalue weighted by atomic mass is 10.00. The van der Waals surface area contributed by atoms with Crippen LogP contribution in [0.15, 0.2) is 230 Å². The Hall–Kier alpha value is -9.98. The zero-order valence-electron chi connectivity index (χ0n) is 40.7. The molecule has 0 unspecified atom stereocenters. The number of aromatic nitrogens is 1. The molecule has 6 aromatic heterocycles. The highest BCUT2D eigenvalue weighted by molar-refractivity contribution is 6.36. The molecule has 0 aliphatic heterocycles. The molecule has 0 spiro atoms. The summed E-state index contributed by atoms with van der Waals surface area (Å²) in [6, 6.07) is 75.5. The number of hydrogen-bond donors (Lipinski definition) is 0. The minimum atomic E-state index is 0.799. The van der Waals surface area contributed by atoms with Gasteiger partial charge in [-0.1, -0.05) is 151 Å². The van der Waals surface area contributed by atoms with Crippen LogP contribution in [0, 0.1) is 13.8 Å². The minimum absolute atomic E-state index is 0.799. The van der Waals surface area contributed by atoms with Crippen molar-refractivity contribution in [2.75, 3.05) is 9.80 Å². The smallest absolute Gasteiger partial charge is 0.160 e. The maximum atomic E-state index is 7.21. The van der Waals surface area contributed by atoms with E-state index in [1.54, 1.807) is 0 Å². The average Bonchev–Trinajstić information content (AvgIpc) is 4.49. The second kappa shape index (κ2) is 14.8. The molecule has 0 bridgehead atoms. The number of furan rings is 4. The van der Waals surface area contributed by atoms with Gasteiger partial charge in [0, 0.05) is 76.0 Å². The fraction of sp³-hybridized carbons (Fsp3) is 0.0294. The van der Waals surface area contributed by atoms with Gasteiger partial charge in [-0.3, -0.25) is 0 Å². The number of para-hydroxylation sites is 7. The first-order valence-corrected chi connectivity index (χ1v) is 25.5. The summed E-state index contributed by atoms with van der Waals surface area (Å²) in [6.07, 6.45) is 0. The quantitative estimate of drug-likeness (QED) is 0.165. The van der Waals surface area contributed by atoms with Crippen molar-refractivity contribution in [2.45, 2.75) is 13.8 Å². The predicted octanol–water partition coefficient (Wildman–Crippen LogP) is 20.0. The molecular formula is C68H41N3O4. The van der Waals surface area contributed by atoms with E-state index in [1.807, 2.05) is 12.1 Å². The van der Waals surface area contributed by atoms with Crippen molar-refractivity contribution in [1.82, 2.24) is 4.40 Å². The summed E-state index contributed by atoms with van der Waals surface area (Å²) >= 11 is 0. The third-order valence-electron chi connectivity index (χ3n) is 15.8. The number of benzene rings is 11. The maximum absolute atomic E-state index is 7.21. The predicted molar refractivity (Wildman–Crippen MR) is 309 cm³/mol. The minimum Gasteiger partial charge on any atom is -0.454 e. The standard InChI is InChI=1S/C68H41N3O4/c1-38-28-32-40(33-29-38)69(52-22-12-18-46-42-14-3-7-24-56(42)72-65(46)52)54-36-50-44-16-5-9-26-58(44)74-67(50)63-60(54)48-20-11-21-49-61-55(37-51-45-17-6-10-27-59(45)75-68(51)64(61)71(63)62(48)49)70(41-34-30-39(2)31-35-41)53-23-13-19-47-43-15-4-8-25-57(43)73-66(47)53/h3-37H,1-2H3. The van der Waals surface area contributed by atoms with Crippen molar-refractivity contribution >= 4 is 160 Å². The number of anilines is 6. The van der Waals surface area contributed by atoms with Gasteiger partial charge in [0.05, 0.1) is 28.3 Å². The first-order valence-electron chi connectivity index (χ1n) is 25.5. The topological polar surface area (TPSA) is 63.5 Å². The molecule has 0 fully saturated rings. The van der Waals surface area contributed by atoms with E-state index < -0.39 is 0 Å². The highest BCUT2D eigenvalue weighted by atomic mass is 16.3. The summed E-state index contributed by atoms with van der Waals surface area (Å²) in [6.45, 7) is 4.28. The van der Waals surface area contributed by atoms with Gasteiger partial charge in [0.2, 0.25) is 0 Å². The third kappa shape index (κ3) is 5.48. The van der Waals surface area contributed by atoms with Crippen LogP contribution in [0.1, 0.15) is 11.1 Å². The van der Waals surface area contributed by atoms with Gasteiger partial charge < -0.3 is 31.9 Å². The van der Waals surface area contributed by atoms with Crippen LogP contribution in [0.3, 0.4) is 0 Å². The van der Waals surface area contributed by atoms with Gasteiger partial charge in [-0.05, 0) is 86.6 Å². The molecule has 75 heavy (non-hydrogen) atoms. The Balaban J connectivity index is 1.08. The van der Waals surface area contributed by atoms with Crippen molar-refractivity contribution in [3.05, 3.63) is 223 Å². The van der Waals surface area contributed by atoms with E-state index in [4.69, 9.17) is 17.7 Å². The Kier molecular flexibility index (Phi) is 8.02. The lowest BCUT2D eigenvalue weighted by Crippen LogP contribution is -2.11. The fourth-order valence-corrected chi connectivity index (χ4v) is 12.5. The SMILES string of the molecule is Cc1ccc(N(c2cccc3c2oc2ccccc23)c2cc3c4ccccc4oc3c3c2c2cccc4c5c(N(c6ccc(C)cc6)c6cccc7c6oc6ccccc67)cc6c7ccccc7oc6c5n3c24)cc1. The van der Waals surface area contributed by atoms with Crippen LogP contribution < -0.4 is 9.80 Å². The van der Waals surface area contributed by atoms with Crippen LogP contribution in [0.2, 0.25) is 0 Å². The van der Waals surface area contributed by atoms with Crippen LogP contribution in [0.5, 0.6) is 0 Å². The van der Waals surface area contributed by atoms with Gasteiger partial charge in [0.15, 0.2) is 22.3 Å². The van der Waals surface area contributed by atoms with Gasteiger partial charge in [0.25, 0.3) is 0 Å². The number of fused-ring (bicyclic) bond motifs is 20. The van der Waals surface area contributed by atoms with E-state index in [1.165, 1.54) is 11.1 Å². The van der Waals surface area contributed by atoms with Crippen molar-refractivity contribution < 1.29 is 17.7 Å². The highest BCUT2D eigenvalue weighted by Gasteiger charge is 2.33. The number of nitrogens with zero attached hydrogens (tertiary/aromatic N) is 3. The van der Waals surface area contributed by atoms with Crippen LogP contribution >= 0.6 is 0 Å². The van der Waals surface area contributed by atoms with E-state index in [0.717, 1.165) is 160 Å². The lowest BCUT2D eigenvalue weighted by molar-refractivity contribution is 0.668. The average molecular weight is 964 g/mol. The van der Waals surface area contributed by atoms with E-state index in [9.17, 15) is 0 Å². The molecular weight excluding hydrogens is 923 g/mol. The van der Waals surface area contributed by atoms with Gasteiger partial charge in [-0.15, -0.1) is 0 Å². The van der Waals surface area contributed by atoms with Gasteiger partial charge >= 0.3 is 0 Å². The van der Waals surface area contributed by atoms with Crippen molar-refractivity contribution in [3.63, 3.8) is 0 Å². The maximum Gasteiger partial charge on any atom is 0.160 e. The van der Waals surface area contributed by atoms with Crippen LogP contribution in [-0.4, -0.2) is 4.40 Å². The molecule has 17 aromatic rings. The number of aryl methyl sites for hydroxylation is 2. The Bertz CT molecular complexity index is 4900. The summed E-state index contributed by atoms with van der Waals surface area (Å²) in [5.74, 6) is 0. The largest absolute Gasteiger partial charge is 0.454 e. The van der Waals surface area contributed by atoms with E-state index in [0.29, 0.717) is 0 Å². The molecule has 0 radical (unpaired) electrons. The van der Waals surface area contributed by atoms with Crippen LogP contribution in [0.4, 0.5) is 34.1 Å². The van der Waals surface area contributed by atoms with Crippen LogP contribution in [0.25, 0.3) is 126 Å². The summed E-state index contributed by atoms with van der Waals surface area (Å²) < 4.78 is 30.7. The second-order valence-corrected chi connectivity index (χ2v) is 20.1.